The molecule has 2 aliphatic rings. The SMILES string of the molecule is CC1(C)C(=O)Nc2ccc(S(=O)(=O)NCCN3CCN(c4ccccc4F)CC3)cc21. The lowest BCUT2D eigenvalue weighted by Crippen LogP contribution is -2.48. The molecule has 2 aliphatic heterocycles. The Morgan fingerprint density at radius 2 is 1.81 bits per heavy atom. The fraction of sp³-hybridized carbons (Fsp3) is 0.409. The number of carbonyl (C=O) groups is 1. The van der Waals surface area contributed by atoms with Crippen LogP contribution in [0.4, 0.5) is 15.8 Å². The molecule has 0 aromatic heterocycles. The minimum Gasteiger partial charge on any atom is -0.367 e. The Hall–Kier alpha value is -2.49. The lowest BCUT2D eigenvalue weighted by Gasteiger charge is -2.36. The molecule has 2 aromatic rings. The van der Waals surface area contributed by atoms with Gasteiger partial charge in [0.05, 0.1) is 16.0 Å². The maximum Gasteiger partial charge on any atom is 0.240 e. The number of nitrogens with one attached hydrogen (secondary N) is 2. The Bertz CT molecular complexity index is 1100. The lowest BCUT2D eigenvalue weighted by atomic mass is 9.86. The number of fused-ring (bicyclic) bond motifs is 1. The predicted molar refractivity (Wildman–Crippen MR) is 118 cm³/mol. The molecule has 2 aromatic carbocycles. The molecule has 31 heavy (non-hydrogen) atoms. The quantitative estimate of drug-likeness (QED) is 0.711. The van der Waals surface area contributed by atoms with Crippen molar-refractivity contribution < 1.29 is 17.6 Å². The van der Waals surface area contributed by atoms with Crippen LogP contribution in [0.25, 0.3) is 0 Å². The van der Waals surface area contributed by atoms with Gasteiger partial charge in [-0.3, -0.25) is 9.69 Å². The zero-order valence-corrected chi connectivity index (χ0v) is 18.5. The predicted octanol–water partition coefficient (Wildman–Crippen LogP) is 2.16. The van der Waals surface area contributed by atoms with E-state index in [9.17, 15) is 17.6 Å². The molecule has 0 radical (unpaired) electrons. The van der Waals surface area contributed by atoms with E-state index in [2.05, 4.69) is 14.9 Å². The second kappa shape index (κ2) is 8.22. The molecule has 0 bridgehead atoms. The van der Waals surface area contributed by atoms with Gasteiger partial charge < -0.3 is 10.2 Å². The minimum absolute atomic E-state index is 0.139. The summed E-state index contributed by atoms with van der Waals surface area (Å²) in [7, 11) is -3.69. The van der Waals surface area contributed by atoms with Gasteiger partial charge in [0.1, 0.15) is 5.82 Å². The van der Waals surface area contributed by atoms with Crippen LogP contribution in [0.5, 0.6) is 0 Å². The summed E-state index contributed by atoms with van der Waals surface area (Å²) in [6.45, 7) is 7.25. The van der Waals surface area contributed by atoms with Crippen LogP contribution < -0.4 is 14.9 Å². The van der Waals surface area contributed by atoms with Gasteiger partial charge in [-0.1, -0.05) is 12.1 Å². The van der Waals surface area contributed by atoms with Crippen molar-refractivity contribution in [3.63, 3.8) is 0 Å². The van der Waals surface area contributed by atoms with Crippen molar-refractivity contribution in [1.29, 1.82) is 0 Å². The molecular formula is C22H27FN4O3S. The highest BCUT2D eigenvalue weighted by Crippen LogP contribution is 2.38. The number of anilines is 2. The summed E-state index contributed by atoms with van der Waals surface area (Å²) in [5, 5.41) is 2.78. The normalized spacial score (nSPS) is 18.7. The summed E-state index contributed by atoms with van der Waals surface area (Å²) in [5.74, 6) is -0.363. The number of piperazine rings is 1. The van der Waals surface area contributed by atoms with Gasteiger partial charge in [-0.05, 0) is 49.7 Å². The third-order valence-corrected chi connectivity index (χ3v) is 7.53. The van der Waals surface area contributed by atoms with E-state index in [1.165, 1.54) is 12.1 Å². The number of sulfonamides is 1. The van der Waals surface area contributed by atoms with E-state index in [1.54, 1.807) is 38.1 Å². The number of hydrogen-bond donors (Lipinski definition) is 2. The van der Waals surface area contributed by atoms with Crippen molar-refractivity contribution in [2.75, 3.05) is 49.5 Å². The molecule has 0 spiro atoms. The molecule has 2 heterocycles. The van der Waals surface area contributed by atoms with Gasteiger partial charge in [-0.25, -0.2) is 17.5 Å². The average Bonchev–Trinajstić information content (AvgIpc) is 2.97. The standard InChI is InChI=1S/C22H27FN4O3S/c1-22(2)17-15-16(7-8-19(17)25-21(22)28)31(29,30)24-9-10-26-11-13-27(14-12-26)20-6-4-3-5-18(20)23/h3-8,15,24H,9-14H2,1-2H3,(H,25,28). The van der Waals surface area contributed by atoms with Crippen LogP contribution in [0.2, 0.25) is 0 Å². The summed E-state index contributed by atoms with van der Waals surface area (Å²) in [6, 6.07) is 11.5. The maximum atomic E-state index is 14.0. The molecule has 1 saturated heterocycles. The van der Waals surface area contributed by atoms with Crippen molar-refractivity contribution >= 4 is 27.3 Å². The number of nitrogens with zero attached hydrogens (tertiary/aromatic N) is 2. The van der Waals surface area contributed by atoms with Crippen LogP contribution in [0.1, 0.15) is 19.4 Å². The molecule has 0 atom stereocenters. The van der Waals surface area contributed by atoms with Gasteiger partial charge in [-0.15, -0.1) is 0 Å². The van der Waals surface area contributed by atoms with E-state index < -0.39 is 15.4 Å². The number of amides is 1. The Kier molecular flexibility index (Phi) is 5.76. The molecule has 4 rings (SSSR count). The number of para-hydroxylation sites is 1. The lowest BCUT2D eigenvalue weighted by molar-refractivity contribution is -0.119. The Balaban J connectivity index is 1.32. The molecule has 0 aliphatic carbocycles. The zero-order valence-electron chi connectivity index (χ0n) is 17.7. The van der Waals surface area contributed by atoms with Crippen LogP contribution in [-0.4, -0.2) is 58.5 Å². The van der Waals surface area contributed by atoms with E-state index in [0.717, 1.165) is 13.1 Å². The van der Waals surface area contributed by atoms with Crippen LogP contribution in [-0.2, 0) is 20.2 Å². The summed E-state index contributed by atoms with van der Waals surface area (Å²) >= 11 is 0. The van der Waals surface area contributed by atoms with E-state index >= 15 is 0 Å². The Morgan fingerprint density at radius 1 is 1.10 bits per heavy atom. The van der Waals surface area contributed by atoms with E-state index in [0.29, 0.717) is 36.6 Å². The highest BCUT2D eigenvalue weighted by atomic mass is 32.2. The summed E-state index contributed by atoms with van der Waals surface area (Å²) in [5.41, 5.74) is 1.18. The highest BCUT2D eigenvalue weighted by molar-refractivity contribution is 7.89. The largest absolute Gasteiger partial charge is 0.367 e. The molecule has 0 unspecified atom stereocenters. The topological polar surface area (TPSA) is 81.7 Å². The second-order valence-electron chi connectivity index (χ2n) is 8.46. The fourth-order valence-electron chi connectivity index (χ4n) is 4.06. The number of hydrogen-bond acceptors (Lipinski definition) is 5. The number of rotatable bonds is 6. The Labute approximate surface area is 182 Å². The summed E-state index contributed by atoms with van der Waals surface area (Å²) in [4.78, 5) is 16.4. The van der Waals surface area contributed by atoms with Gasteiger partial charge in [0.15, 0.2) is 0 Å². The van der Waals surface area contributed by atoms with Gasteiger partial charge in [-0.2, -0.15) is 0 Å². The first kappa shape index (κ1) is 21.7. The summed E-state index contributed by atoms with van der Waals surface area (Å²) < 4.78 is 42.1. The molecule has 166 valence electrons. The van der Waals surface area contributed by atoms with Crippen molar-refractivity contribution in [2.24, 2.45) is 0 Å². The number of halogens is 1. The molecule has 1 fully saturated rings. The maximum absolute atomic E-state index is 14.0. The van der Waals surface area contributed by atoms with Crippen LogP contribution in [0, 0.1) is 5.82 Å². The van der Waals surface area contributed by atoms with E-state index in [-0.39, 0.29) is 23.2 Å². The van der Waals surface area contributed by atoms with Gasteiger partial charge in [0, 0.05) is 45.0 Å². The fourth-order valence-corrected chi connectivity index (χ4v) is 5.11. The third-order valence-electron chi connectivity index (χ3n) is 6.08. The van der Waals surface area contributed by atoms with Crippen molar-refractivity contribution in [3.8, 4) is 0 Å². The second-order valence-corrected chi connectivity index (χ2v) is 10.2. The minimum atomic E-state index is -3.69. The average molecular weight is 447 g/mol. The highest BCUT2D eigenvalue weighted by Gasteiger charge is 2.39. The zero-order chi connectivity index (χ0) is 22.2. The van der Waals surface area contributed by atoms with Crippen LogP contribution in [0.3, 0.4) is 0 Å². The van der Waals surface area contributed by atoms with Gasteiger partial charge >= 0.3 is 0 Å². The molecule has 9 heteroatoms. The number of benzene rings is 2. The first-order chi connectivity index (χ1) is 14.7. The molecule has 2 N–H and O–H groups in total. The molecule has 7 nitrogen and oxygen atoms in total. The first-order valence-electron chi connectivity index (χ1n) is 10.4. The molecule has 0 saturated carbocycles. The summed E-state index contributed by atoms with van der Waals surface area (Å²) in [6.07, 6.45) is 0. The van der Waals surface area contributed by atoms with Crippen molar-refractivity contribution in [1.82, 2.24) is 9.62 Å². The van der Waals surface area contributed by atoms with Crippen LogP contribution >= 0.6 is 0 Å². The van der Waals surface area contributed by atoms with E-state index in [4.69, 9.17) is 0 Å². The van der Waals surface area contributed by atoms with Gasteiger partial charge in [0.2, 0.25) is 15.9 Å². The molecular weight excluding hydrogens is 419 g/mol. The first-order valence-corrected chi connectivity index (χ1v) is 11.8. The van der Waals surface area contributed by atoms with Gasteiger partial charge in [0.25, 0.3) is 0 Å². The third kappa shape index (κ3) is 4.30. The Morgan fingerprint density at radius 3 is 2.52 bits per heavy atom. The van der Waals surface area contributed by atoms with E-state index in [1.807, 2.05) is 11.0 Å². The molecule has 1 amide bonds. The van der Waals surface area contributed by atoms with Crippen molar-refractivity contribution in [3.05, 3.63) is 53.8 Å². The van der Waals surface area contributed by atoms with Crippen LogP contribution in [0.15, 0.2) is 47.4 Å². The van der Waals surface area contributed by atoms with Crippen molar-refractivity contribution in [2.45, 2.75) is 24.2 Å². The smallest absolute Gasteiger partial charge is 0.240 e. The number of carbonyl (C=O) groups excluding carboxylic acids is 1. The monoisotopic (exact) mass is 446 g/mol.